The molecule has 0 saturated heterocycles. The van der Waals surface area contributed by atoms with Crippen LogP contribution in [0.15, 0.2) is 0 Å². The maximum atomic E-state index is 10.3. The van der Waals surface area contributed by atoms with Gasteiger partial charge in [-0.05, 0) is 41.4 Å². The Hall–Kier alpha value is -0.0800. The highest BCUT2D eigenvalue weighted by Crippen LogP contribution is 2.69. The van der Waals surface area contributed by atoms with Gasteiger partial charge in [0.2, 0.25) is 0 Å². The SMILES string of the molecule is CO[C@H]1CC[C@]2(C)CC(O)[C@@H](C)[C@]2(C)C1(C)C. The normalized spacial score (nSPS) is 53.5. The van der Waals surface area contributed by atoms with Crippen LogP contribution in [0.3, 0.4) is 0 Å². The summed E-state index contributed by atoms with van der Waals surface area (Å²) in [6.07, 6.45) is 3.40. The van der Waals surface area contributed by atoms with E-state index in [1.54, 1.807) is 0 Å². The first-order valence-electron chi connectivity index (χ1n) is 6.91. The van der Waals surface area contributed by atoms with Crippen LogP contribution >= 0.6 is 0 Å². The Morgan fingerprint density at radius 2 is 1.76 bits per heavy atom. The summed E-state index contributed by atoms with van der Waals surface area (Å²) in [6.45, 7) is 11.6. The third-order valence-electron chi connectivity index (χ3n) is 6.79. The molecule has 0 aromatic heterocycles. The average molecular weight is 240 g/mol. The molecule has 0 amide bonds. The van der Waals surface area contributed by atoms with E-state index in [2.05, 4.69) is 34.6 Å². The standard InChI is InChI=1S/C15H28O2/c1-10-11(16)9-14(4)8-7-12(17-6)13(2,3)15(10,14)5/h10-12,16H,7-9H2,1-6H3/t10-,11?,12+,14-,15-/m1/s1. The molecule has 2 fully saturated rings. The molecule has 2 aliphatic rings. The first kappa shape index (κ1) is 13.4. The lowest BCUT2D eigenvalue weighted by atomic mass is 9.46. The van der Waals surface area contributed by atoms with E-state index in [0.717, 1.165) is 12.8 Å². The van der Waals surface area contributed by atoms with Gasteiger partial charge in [0.1, 0.15) is 0 Å². The van der Waals surface area contributed by atoms with Crippen molar-refractivity contribution in [3.8, 4) is 0 Å². The number of hydrogen-bond donors (Lipinski definition) is 1. The summed E-state index contributed by atoms with van der Waals surface area (Å²) in [7, 11) is 1.83. The molecular weight excluding hydrogens is 212 g/mol. The van der Waals surface area contributed by atoms with Crippen molar-refractivity contribution < 1.29 is 9.84 Å². The third kappa shape index (κ3) is 1.40. The van der Waals surface area contributed by atoms with Crippen molar-refractivity contribution >= 4 is 0 Å². The summed E-state index contributed by atoms with van der Waals surface area (Å²) >= 11 is 0. The molecule has 0 aromatic rings. The monoisotopic (exact) mass is 240 g/mol. The number of rotatable bonds is 1. The Morgan fingerprint density at radius 1 is 1.18 bits per heavy atom. The molecule has 0 spiro atoms. The van der Waals surface area contributed by atoms with Crippen molar-refractivity contribution in [3.63, 3.8) is 0 Å². The molecule has 0 radical (unpaired) electrons. The molecule has 2 rings (SSSR count). The predicted molar refractivity (Wildman–Crippen MR) is 69.8 cm³/mol. The largest absolute Gasteiger partial charge is 0.393 e. The minimum Gasteiger partial charge on any atom is -0.393 e. The highest BCUT2D eigenvalue weighted by Gasteiger charge is 2.66. The summed E-state index contributed by atoms with van der Waals surface area (Å²) in [5, 5.41) is 10.3. The van der Waals surface area contributed by atoms with Crippen molar-refractivity contribution in [2.75, 3.05) is 7.11 Å². The van der Waals surface area contributed by atoms with Gasteiger partial charge >= 0.3 is 0 Å². The molecule has 2 aliphatic carbocycles. The smallest absolute Gasteiger partial charge is 0.0628 e. The Morgan fingerprint density at radius 3 is 2.29 bits per heavy atom. The fourth-order valence-electron chi connectivity index (χ4n) is 5.07. The maximum Gasteiger partial charge on any atom is 0.0628 e. The second kappa shape index (κ2) is 3.71. The van der Waals surface area contributed by atoms with E-state index in [1.807, 2.05) is 7.11 Å². The number of methoxy groups -OCH3 is 1. The van der Waals surface area contributed by atoms with E-state index in [1.165, 1.54) is 6.42 Å². The van der Waals surface area contributed by atoms with Crippen LogP contribution in [0.5, 0.6) is 0 Å². The fraction of sp³-hybridized carbons (Fsp3) is 1.00. The van der Waals surface area contributed by atoms with Crippen LogP contribution in [-0.4, -0.2) is 24.4 Å². The summed E-state index contributed by atoms with van der Waals surface area (Å²) in [5.41, 5.74) is 0.522. The molecule has 0 aromatic carbocycles. The number of fused-ring (bicyclic) bond motifs is 1. The van der Waals surface area contributed by atoms with E-state index in [4.69, 9.17) is 4.74 Å². The fourth-order valence-corrected chi connectivity index (χ4v) is 5.07. The lowest BCUT2D eigenvalue weighted by Crippen LogP contribution is -2.57. The van der Waals surface area contributed by atoms with Gasteiger partial charge in [-0.25, -0.2) is 0 Å². The highest BCUT2D eigenvalue weighted by molar-refractivity contribution is 5.15. The molecule has 2 nitrogen and oxygen atoms in total. The first-order valence-corrected chi connectivity index (χ1v) is 6.91. The van der Waals surface area contributed by atoms with E-state index in [0.29, 0.717) is 12.0 Å². The maximum absolute atomic E-state index is 10.3. The Kier molecular flexibility index (Phi) is 2.91. The van der Waals surface area contributed by atoms with Crippen LogP contribution in [-0.2, 0) is 4.74 Å². The Balaban J connectivity index is 2.49. The molecule has 2 heteroatoms. The minimum absolute atomic E-state index is 0.117. The zero-order valence-electron chi connectivity index (χ0n) is 12.2. The highest BCUT2D eigenvalue weighted by atomic mass is 16.5. The Labute approximate surface area is 106 Å². The molecule has 0 aliphatic heterocycles. The van der Waals surface area contributed by atoms with Crippen molar-refractivity contribution in [3.05, 3.63) is 0 Å². The lowest BCUT2D eigenvalue weighted by Gasteiger charge is -2.60. The van der Waals surface area contributed by atoms with E-state index >= 15 is 0 Å². The van der Waals surface area contributed by atoms with E-state index < -0.39 is 0 Å². The van der Waals surface area contributed by atoms with E-state index in [-0.39, 0.29) is 22.3 Å². The number of ether oxygens (including phenoxy) is 1. The first-order chi connectivity index (χ1) is 7.70. The minimum atomic E-state index is -0.153. The van der Waals surface area contributed by atoms with Crippen LogP contribution in [0.2, 0.25) is 0 Å². The van der Waals surface area contributed by atoms with Crippen LogP contribution in [0, 0.1) is 22.2 Å². The van der Waals surface area contributed by atoms with Gasteiger partial charge in [0, 0.05) is 7.11 Å². The second-order valence-electron chi connectivity index (χ2n) is 7.31. The van der Waals surface area contributed by atoms with Gasteiger partial charge in [0.25, 0.3) is 0 Å². The van der Waals surface area contributed by atoms with Gasteiger partial charge in [0.05, 0.1) is 12.2 Å². The van der Waals surface area contributed by atoms with Crippen molar-refractivity contribution in [2.45, 2.75) is 66.1 Å². The third-order valence-corrected chi connectivity index (χ3v) is 6.79. The summed E-state index contributed by atoms with van der Waals surface area (Å²) in [6, 6.07) is 0. The number of aliphatic hydroxyl groups excluding tert-OH is 1. The lowest BCUT2D eigenvalue weighted by molar-refractivity contribution is -0.171. The molecule has 100 valence electrons. The van der Waals surface area contributed by atoms with Gasteiger partial charge in [-0.3, -0.25) is 0 Å². The molecular formula is C15H28O2. The predicted octanol–water partition coefficient (Wildman–Crippen LogP) is 3.23. The number of hydrogen-bond acceptors (Lipinski definition) is 2. The van der Waals surface area contributed by atoms with Crippen molar-refractivity contribution in [2.24, 2.45) is 22.2 Å². The second-order valence-corrected chi connectivity index (χ2v) is 7.31. The topological polar surface area (TPSA) is 29.5 Å². The van der Waals surface area contributed by atoms with Crippen LogP contribution in [0.4, 0.5) is 0 Å². The van der Waals surface area contributed by atoms with Gasteiger partial charge in [-0.15, -0.1) is 0 Å². The van der Waals surface area contributed by atoms with Crippen LogP contribution in [0.25, 0.3) is 0 Å². The molecule has 1 unspecified atom stereocenters. The van der Waals surface area contributed by atoms with E-state index in [9.17, 15) is 5.11 Å². The zero-order chi connectivity index (χ0) is 13.1. The molecule has 1 N–H and O–H groups in total. The molecule has 0 bridgehead atoms. The summed E-state index contributed by atoms with van der Waals surface area (Å²) in [5.74, 6) is 0.348. The van der Waals surface area contributed by atoms with Crippen LogP contribution < -0.4 is 0 Å². The summed E-state index contributed by atoms with van der Waals surface area (Å²) < 4.78 is 5.73. The molecule has 2 saturated carbocycles. The quantitative estimate of drug-likeness (QED) is 0.762. The zero-order valence-corrected chi connectivity index (χ0v) is 12.2. The molecule has 17 heavy (non-hydrogen) atoms. The molecule has 5 atom stereocenters. The van der Waals surface area contributed by atoms with Gasteiger partial charge < -0.3 is 9.84 Å². The van der Waals surface area contributed by atoms with Crippen molar-refractivity contribution in [1.29, 1.82) is 0 Å². The summed E-state index contributed by atoms with van der Waals surface area (Å²) in [4.78, 5) is 0. The van der Waals surface area contributed by atoms with Gasteiger partial charge in [-0.1, -0.05) is 34.6 Å². The Bertz CT molecular complexity index is 312. The number of aliphatic hydroxyl groups is 1. The van der Waals surface area contributed by atoms with Crippen LogP contribution in [0.1, 0.15) is 53.9 Å². The van der Waals surface area contributed by atoms with Crippen molar-refractivity contribution in [1.82, 2.24) is 0 Å². The average Bonchev–Trinajstić information content (AvgIpc) is 2.41. The van der Waals surface area contributed by atoms with Gasteiger partial charge in [0.15, 0.2) is 0 Å². The van der Waals surface area contributed by atoms with Gasteiger partial charge in [-0.2, -0.15) is 0 Å². The molecule has 0 heterocycles.